The van der Waals surface area contributed by atoms with Crippen molar-refractivity contribution in [3.05, 3.63) is 143 Å². The molecule has 2 heteroatoms. The fourth-order valence-electron chi connectivity index (χ4n) is 6.69. The molecular formula is C29H23NO. The number of benzene rings is 4. The summed E-state index contributed by atoms with van der Waals surface area (Å²) in [5, 5.41) is 0. The molecule has 3 aliphatic rings. The van der Waals surface area contributed by atoms with E-state index in [9.17, 15) is 0 Å². The Morgan fingerprint density at radius 3 is 1.68 bits per heavy atom. The highest BCUT2D eigenvalue weighted by atomic mass is 16.6. The van der Waals surface area contributed by atoms with Crippen molar-refractivity contribution in [2.45, 2.75) is 29.8 Å². The maximum Gasteiger partial charge on any atom is 0.177 e. The SMILES string of the molecule is C[C@@H]1N2[C@@]3(c4ccccc4)O[C@@](c4ccccc4)(c4ccccc43)[C@]12c1ccccc1. The molecule has 2 nitrogen and oxygen atoms in total. The molecule has 0 aliphatic carbocycles. The van der Waals surface area contributed by atoms with Gasteiger partial charge in [-0.3, -0.25) is 0 Å². The predicted molar refractivity (Wildman–Crippen MR) is 121 cm³/mol. The van der Waals surface area contributed by atoms with Gasteiger partial charge < -0.3 is 4.74 Å². The first kappa shape index (κ1) is 17.5. The lowest BCUT2D eigenvalue weighted by atomic mass is 9.69. The first-order valence-electron chi connectivity index (χ1n) is 11.0. The highest BCUT2D eigenvalue weighted by molar-refractivity contribution is 5.65. The van der Waals surface area contributed by atoms with Crippen molar-refractivity contribution in [1.29, 1.82) is 0 Å². The van der Waals surface area contributed by atoms with Gasteiger partial charge in [0, 0.05) is 17.2 Å². The van der Waals surface area contributed by atoms with E-state index in [1.165, 1.54) is 27.8 Å². The maximum absolute atomic E-state index is 7.41. The number of ether oxygens (including phenoxy) is 1. The van der Waals surface area contributed by atoms with E-state index in [0.717, 1.165) is 0 Å². The van der Waals surface area contributed by atoms with Gasteiger partial charge in [-0.15, -0.1) is 0 Å². The van der Waals surface area contributed by atoms with Crippen molar-refractivity contribution in [1.82, 2.24) is 4.90 Å². The van der Waals surface area contributed by atoms with Gasteiger partial charge in [-0.2, -0.15) is 0 Å². The average Bonchev–Trinajstić information content (AvgIpc) is 3.24. The molecule has 0 spiro atoms. The Hall–Kier alpha value is -3.20. The van der Waals surface area contributed by atoms with Crippen LogP contribution < -0.4 is 0 Å². The molecule has 4 aromatic carbocycles. The fourth-order valence-corrected chi connectivity index (χ4v) is 6.69. The monoisotopic (exact) mass is 401 g/mol. The second kappa shape index (κ2) is 5.73. The highest BCUT2D eigenvalue weighted by Gasteiger charge is 2.89. The van der Waals surface area contributed by atoms with Crippen LogP contribution in [0.1, 0.15) is 34.7 Å². The number of rotatable bonds is 3. The molecule has 150 valence electrons. The summed E-state index contributed by atoms with van der Waals surface area (Å²) in [5.74, 6) is 0. The molecule has 7 rings (SSSR count). The minimum absolute atomic E-state index is 0.250. The van der Waals surface area contributed by atoms with E-state index in [2.05, 4.69) is 127 Å². The fraction of sp³-hybridized carbons (Fsp3) is 0.172. The van der Waals surface area contributed by atoms with Crippen LogP contribution in [0.5, 0.6) is 0 Å². The molecule has 0 N–H and O–H groups in total. The molecule has 3 heterocycles. The van der Waals surface area contributed by atoms with Gasteiger partial charge >= 0.3 is 0 Å². The zero-order valence-electron chi connectivity index (χ0n) is 17.4. The molecule has 1 unspecified atom stereocenters. The summed E-state index contributed by atoms with van der Waals surface area (Å²) in [5.41, 5.74) is 4.87. The first-order valence-corrected chi connectivity index (χ1v) is 11.0. The Kier molecular flexibility index (Phi) is 3.23. The Bertz CT molecular complexity index is 1290. The largest absolute Gasteiger partial charge is 0.333 e. The van der Waals surface area contributed by atoms with Gasteiger partial charge in [0.05, 0.1) is 0 Å². The van der Waals surface area contributed by atoms with E-state index in [-0.39, 0.29) is 5.54 Å². The molecule has 5 atom stereocenters. The predicted octanol–water partition coefficient (Wildman–Crippen LogP) is 5.77. The van der Waals surface area contributed by atoms with E-state index < -0.39 is 11.3 Å². The van der Waals surface area contributed by atoms with Crippen molar-refractivity contribution < 1.29 is 4.74 Å². The second-order valence-corrected chi connectivity index (χ2v) is 8.88. The lowest BCUT2D eigenvalue weighted by Crippen LogP contribution is -2.42. The van der Waals surface area contributed by atoms with Crippen molar-refractivity contribution >= 4 is 0 Å². The topological polar surface area (TPSA) is 12.2 Å². The van der Waals surface area contributed by atoms with Crippen LogP contribution in [0.25, 0.3) is 0 Å². The molecule has 2 saturated heterocycles. The normalized spacial score (nSPS) is 34.2. The third kappa shape index (κ3) is 1.76. The van der Waals surface area contributed by atoms with Crippen molar-refractivity contribution in [3.63, 3.8) is 0 Å². The van der Waals surface area contributed by atoms with E-state index in [1.54, 1.807) is 0 Å². The molecule has 2 bridgehead atoms. The van der Waals surface area contributed by atoms with Crippen LogP contribution in [0.3, 0.4) is 0 Å². The Labute approximate surface area is 182 Å². The summed E-state index contributed by atoms with van der Waals surface area (Å²) in [7, 11) is 0. The zero-order valence-corrected chi connectivity index (χ0v) is 17.4. The smallest absolute Gasteiger partial charge is 0.177 e. The molecule has 3 aliphatic heterocycles. The van der Waals surface area contributed by atoms with Gasteiger partial charge in [0.15, 0.2) is 5.72 Å². The molecule has 4 aromatic rings. The summed E-state index contributed by atoms with van der Waals surface area (Å²) >= 11 is 0. The summed E-state index contributed by atoms with van der Waals surface area (Å²) in [6.45, 7) is 2.36. The molecule has 0 saturated carbocycles. The van der Waals surface area contributed by atoms with Gasteiger partial charge in [-0.25, -0.2) is 4.90 Å². The van der Waals surface area contributed by atoms with Crippen LogP contribution in [0.15, 0.2) is 115 Å². The summed E-state index contributed by atoms with van der Waals surface area (Å²) in [6, 6.07) is 41.7. The summed E-state index contributed by atoms with van der Waals surface area (Å²) < 4.78 is 7.41. The second-order valence-electron chi connectivity index (χ2n) is 8.88. The van der Waals surface area contributed by atoms with Crippen LogP contribution in [-0.4, -0.2) is 10.9 Å². The van der Waals surface area contributed by atoms with Crippen LogP contribution >= 0.6 is 0 Å². The zero-order chi connectivity index (χ0) is 20.7. The van der Waals surface area contributed by atoms with Crippen molar-refractivity contribution in [3.8, 4) is 0 Å². The van der Waals surface area contributed by atoms with E-state index in [0.29, 0.717) is 6.04 Å². The number of fused-ring (bicyclic) bond motifs is 8. The number of nitrogens with zero attached hydrogens (tertiary/aromatic N) is 1. The van der Waals surface area contributed by atoms with Crippen LogP contribution in [-0.2, 0) is 21.6 Å². The van der Waals surface area contributed by atoms with E-state index in [4.69, 9.17) is 4.74 Å². The third-order valence-electron chi connectivity index (χ3n) is 7.71. The van der Waals surface area contributed by atoms with Crippen molar-refractivity contribution in [2.75, 3.05) is 0 Å². The van der Waals surface area contributed by atoms with Gasteiger partial charge in [-0.05, 0) is 23.6 Å². The molecular weight excluding hydrogens is 378 g/mol. The van der Waals surface area contributed by atoms with E-state index >= 15 is 0 Å². The van der Waals surface area contributed by atoms with Crippen LogP contribution in [0.2, 0.25) is 0 Å². The molecule has 0 amide bonds. The van der Waals surface area contributed by atoms with Crippen molar-refractivity contribution in [2.24, 2.45) is 0 Å². The number of hydrogen-bond donors (Lipinski definition) is 0. The lowest BCUT2D eigenvalue weighted by Gasteiger charge is -2.37. The van der Waals surface area contributed by atoms with E-state index in [1.807, 2.05) is 0 Å². The molecule has 31 heavy (non-hydrogen) atoms. The summed E-state index contributed by atoms with van der Waals surface area (Å²) in [6.07, 6.45) is 0. The average molecular weight is 402 g/mol. The van der Waals surface area contributed by atoms with Gasteiger partial charge in [0.2, 0.25) is 0 Å². The Balaban J connectivity index is 1.63. The first-order chi connectivity index (χ1) is 15.3. The number of hydrogen-bond acceptors (Lipinski definition) is 2. The Morgan fingerprint density at radius 1 is 0.581 bits per heavy atom. The quantitative estimate of drug-likeness (QED) is 0.404. The minimum atomic E-state index is -0.594. The maximum atomic E-state index is 7.41. The Morgan fingerprint density at radius 2 is 1.06 bits per heavy atom. The molecule has 2 fully saturated rings. The summed E-state index contributed by atoms with van der Waals surface area (Å²) in [4.78, 5) is 2.61. The van der Waals surface area contributed by atoms with Gasteiger partial charge in [0.1, 0.15) is 11.1 Å². The van der Waals surface area contributed by atoms with Crippen LogP contribution in [0.4, 0.5) is 0 Å². The minimum Gasteiger partial charge on any atom is -0.333 e. The highest BCUT2D eigenvalue weighted by Crippen LogP contribution is 2.80. The van der Waals surface area contributed by atoms with Gasteiger partial charge in [-0.1, -0.05) is 115 Å². The molecule has 0 radical (unpaired) electrons. The lowest BCUT2D eigenvalue weighted by molar-refractivity contribution is -0.0999. The third-order valence-corrected chi connectivity index (χ3v) is 7.71. The molecule has 0 aromatic heterocycles. The van der Waals surface area contributed by atoms with Crippen LogP contribution in [0, 0.1) is 0 Å². The standard InChI is InChI=1S/C29H23NO/c1-21-27(22-13-5-2-6-14-22)28(23-15-7-3-8-16-23)25-19-11-12-20-26(25)29(31-28,30(21)27)24-17-9-4-10-18-24/h2-21H,1H3/t21-,27+,28-,29-,30?/m0/s1. The van der Waals surface area contributed by atoms with Gasteiger partial charge in [0.25, 0.3) is 0 Å².